The Bertz CT molecular complexity index is 3240. The van der Waals surface area contributed by atoms with Crippen LogP contribution < -0.4 is 0 Å². The van der Waals surface area contributed by atoms with Crippen LogP contribution in [0, 0.1) is 0 Å². The topological polar surface area (TPSA) is 43.6 Å². The van der Waals surface area contributed by atoms with Gasteiger partial charge in [-0.1, -0.05) is 161 Å². The summed E-state index contributed by atoms with van der Waals surface area (Å²) in [4.78, 5) is 15.5. The summed E-state index contributed by atoms with van der Waals surface area (Å²) in [6.45, 7) is 9.68. The highest BCUT2D eigenvalue weighted by atomic mass is 15.0. The Labute approximate surface area is 332 Å². The number of aromatic nitrogens is 4. The van der Waals surface area contributed by atoms with Crippen molar-refractivity contribution in [1.29, 1.82) is 0 Å². The lowest BCUT2D eigenvalue weighted by atomic mass is 9.63. The van der Waals surface area contributed by atoms with Crippen LogP contribution in [0.1, 0.15) is 51.7 Å². The van der Waals surface area contributed by atoms with Crippen LogP contribution in [0.25, 0.3) is 94.0 Å². The van der Waals surface area contributed by atoms with Gasteiger partial charge < -0.3 is 4.57 Å². The van der Waals surface area contributed by atoms with Gasteiger partial charge in [-0.25, -0.2) is 15.0 Å². The molecule has 2 aromatic heterocycles. The predicted molar refractivity (Wildman–Crippen MR) is 238 cm³/mol. The number of hydrogen-bond acceptors (Lipinski definition) is 3. The lowest BCUT2D eigenvalue weighted by Crippen LogP contribution is -2.33. The van der Waals surface area contributed by atoms with E-state index in [0.717, 1.165) is 45.0 Å². The van der Waals surface area contributed by atoms with Gasteiger partial charge in [0, 0.05) is 38.2 Å². The zero-order valence-electron chi connectivity index (χ0n) is 32.7. The Kier molecular flexibility index (Phi) is 7.34. The third-order valence-electron chi connectivity index (χ3n) is 12.7. The van der Waals surface area contributed by atoms with E-state index in [-0.39, 0.29) is 10.8 Å². The number of nitrogens with zero attached hydrogens (tertiary/aromatic N) is 4. The second kappa shape index (κ2) is 12.4. The van der Waals surface area contributed by atoms with Crippen LogP contribution in [0.3, 0.4) is 0 Å². The average Bonchev–Trinajstić information content (AvgIpc) is 3.58. The molecule has 0 fully saturated rings. The molecule has 0 amide bonds. The third kappa shape index (κ3) is 5.31. The number of rotatable bonds is 4. The van der Waals surface area contributed by atoms with Crippen molar-refractivity contribution in [3.8, 4) is 39.9 Å². The van der Waals surface area contributed by atoms with Crippen molar-refractivity contribution in [2.75, 3.05) is 0 Å². The summed E-state index contributed by atoms with van der Waals surface area (Å²) in [7, 11) is 0. The van der Waals surface area contributed by atoms with Crippen LogP contribution in [0.5, 0.6) is 0 Å². The molecular weight excluding hydrogens is 693 g/mol. The van der Waals surface area contributed by atoms with Gasteiger partial charge in [0.15, 0.2) is 17.5 Å². The Balaban J connectivity index is 1.19. The van der Waals surface area contributed by atoms with E-state index in [1.54, 1.807) is 0 Å². The molecule has 4 nitrogen and oxygen atoms in total. The van der Waals surface area contributed by atoms with Gasteiger partial charge in [-0.3, -0.25) is 0 Å². The van der Waals surface area contributed by atoms with Crippen LogP contribution in [-0.4, -0.2) is 19.5 Å². The fourth-order valence-corrected chi connectivity index (χ4v) is 9.44. The molecule has 0 radical (unpaired) electrons. The molecule has 0 spiro atoms. The molecule has 0 N–H and O–H groups in total. The molecule has 11 rings (SSSR count). The smallest absolute Gasteiger partial charge is 0.164 e. The number of fused-ring (bicyclic) bond motifs is 8. The van der Waals surface area contributed by atoms with Gasteiger partial charge >= 0.3 is 0 Å². The first-order chi connectivity index (χ1) is 27.7. The molecule has 0 atom stereocenters. The molecule has 274 valence electrons. The van der Waals surface area contributed by atoms with Gasteiger partial charge in [0.05, 0.1) is 16.7 Å². The molecular formula is C53H42N4. The molecule has 0 bridgehead atoms. The lowest BCUT2D eigenvalue weighted by molar-refractivity contribution is 0.332. The second-order valence-electron chi connectivity index (χ2n) is 17.1. The molecule has 0 saturated carbocycles. The summed E-state index contributed by atoms with van der Waals surface area (Å²) in [6, 6.07) is 56.8. The molecule has 0 saturated heterocycles. The first-order valence-electron chi connectivity index (χ1n) is 20.1. The molecule has 2 heterocycles. The van der Waals surface area contributed by atoms with Crippen molar-refractivity contribution >= 4 is 54.1 Å². The highest BCUT2D eigenvalue weighted by Gasteiger charge is 2.38. The van der Waals surface area contributed by atoms with Crippen molar-refractivity contribution in [3.63, 3.8) is 0 Å². The third-order valence-corrected chi connectivity index (χ3v) is 12.7. The van der Waals surface area contributed by atoms with Crippen molar-refractivity contribution < 1.29 is 0 Å². The summed E-state index contributed by atoms with van der Waals surface area (Å²) >= 11 is 0. The van der Waals surface area contributed by atoms with Crippen molar-refractivity contribution in [2.24, 2.45) is 0 Å². The zero-order chi connectivity index (χ0) is 38.5. The molecule has 1 aliphatic carbocycles. The van der Waals surface area contributed by atoms with E-state index in [1.165, 1.54) is 55.5 Å². The average molecular weight is 735 g/mol. The fourth-order valence-electron chi connectivity index (χ4n) is 9.44. The molecule has 57 heavy (non-hydrogen) atoms. The Morgan fingerprint density at radius 2 is 1.04 bits per heavy atom. The standard InChI is InChI=1S/C53H42N4/c1-52(2)28-29-53(3,4)45-32-47-43(31-44(45)52)41-27-26-34-15-10-11-19-38(34)48(41)57(47)46-23-13-20-39-40(46)21-12-22-42(39)51-55-49(35-16-6-5-7-17-35)54-50(56-51)37-25-24-33-14-8-9-18-36(33)30-37/h5-27,30-32H,28-29H2,1-4H3. The van der Waals surface area contributed by atoms with Crippen LogP contribution in [0.4, 0.5) is 0 Å². The maximum absolute atomic E-state index is 5.24. The van der Waals surface area contributed by atoms with E-state index in [4.69, 9.17) is 15.0 Å². The maximum atomic E-state index is 5.24. The van der Waals surface area contributed by atoms with E-state index < -0.39 is 0 Å². The molecule has 1 aliphatic rings. The van der Waals surface area contributed by atoms with Gasteiger partial charge in [0.2, 0.25) is 0 Å². The zero-order valence-corrected chi connectivity index (χ0v) is 32.7. The largest absolute Gasteiger partial charge is 0.308 e. The van der Waals surface area contributed by atoms with Gasteiger partial charge in [-0.15, -0.1) is 0 Å². The Hall–Kier alpha value is -6.65. The Morgan fingerprint density at radius 1 is 0.421 bits per heavy atom. The van der Waals surface area contributed by atoms with Crippen molar-refractivity contribution in [2.45, 2.75) is 51.4 Å². The minimum absolute atomic E-state index is 0.0756. The SMILES string of the molecule is CC1(C)CCC(C)(C)c2cc3c(cc21)c1ccc2ccccc2c1n3-c1cccc2c(-c3nc(-c4ccccc4)nc(-c4ccc5ccccc5c4)n3)cccc12. The monoisotopic (exact) mass is 734 g/mol. The minimum Gasteiger partial charge on any atom is -0.308 e. The first kappa shape index (κ1) is 33.7. The van der Waals surface area contributed by atoms with Gasteiger partial charge in [-0.2, -0.15) is 0 Å². The number of benzene rings is 8. The number of hydrogen-bond donors (Lipinski definition) is 0. The van der Waals surface area contributed by atoms with E-state index >= 15 is 0 Å². The van der Waals surface area contributed by atoms with E-state index in [9.17, 15) is 0 Å². The van der Waals surface area contributed by atoms with Crippen LogP contribution in [-0.2, 0) is 10.8 Å². The van der Waals surface area contributed by atoms with Gasteiger partial charge in [-0.05, 0) is 80.6 Å². The second-order valence-corrected chi connectivity index (χ2v) is 17.1. The summed E-state index contributed by atoms with van der Waals surface area (Å²) in [5.41, 5.74) is 9.63. The Morgan fingerprint density at radius 3 is 1.84 bits per heavy atom. The van der Waals surface area contributed by atoms with Crippen molar-refractivity contribution in [1.82, 2.24) is 19.5 Å². The summed E-state index contributed by atoms with van der Waals surface area (Å²) in [5.74, 6) is 1.96. The summed E-state index contributed by atoms with van der Waals surface area (Å²) < 4.78 is 2.54. The van der Waals surface area contributed by atoms with Crippen LogP contribution in [0.2, 0.25) is 0 Å². The molecule has 10 aromatic rings. The van der Waals surface area contributed by atoms with Gasteiger partial charge in [0.25, 0.3) is 0 Å². The lowest BCUT2D eigenvalue weighted by Gasteiger charge is -2.42. The molecule has 0 unspecified atom stereocenters. The highest BCUT2D eigenvalue weighted by molar-refractivity contribution is 6.20. The van der Waals surface area contributed by atoms with Crippen LogP contribution >= 0.6 is 0 Å². The maximum Gasteiger partial charge on any atom is 0.164 e. The summed E-state index contributed by atoms with van der Waals surface area (Å²) in [5, 5.41) is 9.65. The predicted octanol–water partition coefficient (Wildman–Crippen LogP) is 13.8. The first-order valence-corrected chi connectivity index (χ1v) is 20.1. The van der Waals surface area contributed by atoms with E-state index in [1.807, 2.05) is 18.2 Å². The van der Waals surface area contributed by atoms with Crippen molar-refractivity contribution in [3.05, 3.63) is 169 Å². The molecule has 4 heteroatoms. The van der Waals surface area contributed by atoms with Crippen LogP contribution in [0.15, 0.2) is 158 Å². The van der Waals surface area contributed by atoms with E-state index in [0.29, 0.717) is 17.5 Å². The van der Waals surface area contributed by atoms with E-state index in [2.05, 4.69) is 172 Å². The fraction of sp³-hybridized carbons (Fsp3) is 0.151. The summed E-state index contributed by atoms with van der Waals surface area (Å²) in [6.07, 6.45) is 2.34. The minimum atomic E-state index is 0.0756. The normalized spacial score (nSPS) is 14.8. The molecule has 0 aliphatic heterocycles. The van der Waals surface area contributed by atoms with Gasteiger partial charge in [0.1, 0.15) is 0 Å². The highest BCUT2D eigenvalue weighted by Crippen LogP contribution is 2.49. The molecule has 8 aromatic carbocycles. The quantitative estimate of drug-likeness (QED) is 0.181.